The molecule has 0 bridgehead atoms. The number of benzene rings is 4. The number of alkyl halides is 1. The van der Waals surface area contributed by atoms with Crippen LogP contribution in [0.2, 0.25) is 0 Å². The molecule has 0 amide bonds. The molecule has 1 fully saturated rings. The maximum atomic E-state index is 13.2. The third kappa shape index (κ3) is 3.87. The molecule has 0 spiro atoms. The standard InChI is InChI=1S/C28H21BrO2/c29-27(26(30)24-13-11-22(12-14-24)20-7-3-1-4-8-20)28(19-31-28)25-17-15-23(16-18-25)21-9-5-2-6-10-21/h1-18,27H,19H2. The minimum atomic E-state index is -0.607. The Hall–Kier alpha value is -3.01. The quantitative estimate of drug-likeness (QED) is 0.175. The van der Waals surface area contributed by atoms with Gasteiger partial charge in [-0.3, -0.25) is 4.79 Å². The molecular formula is C28H21BrO2. The Bertz CT molecular complexity index is 1180. The topological polar surface area (TPSA) is 29.6 Å². The first-order chi connectivity index (χ1) is 15.2. The van der Waals surface area contributed by atoms with Gasteiger partial charge in [0.2, 0.25) is 0 Å². The lowest BCUT2D eigenvalue weighted by Crippen LogP contribution is -2.30. The number of halogens is 1. The van der Waals surface area contributed by atoms with Crippen molar-refractivity contribution in [3.63, 3.8) is 0 Å². The van der Waals surface area contributed by atoms with Crippen molar-refractivity contribution in [2.45, 2.75) is 10.4 Å². The first-order valence-corrected chi connectivity index (χ1v) is 11.2. The van der Waals surface area contributed by atoms with Crippen molar-refractivity contribution in [3.05, 3.63) is 120 Å². The smallest absolute Gasteiger partial charge is 0.179 e. The number of carbonyl (C=O) groups excluding carboxylic acids is 1. The molecule has 0 aromatic heterocycles. The molecule has 4 aromatic rings. The fraction of sp³-hybridized carbons (Fsp3) is 0.107. The van der Waals surface area contributed by atoms with Crippen molar-refractivity contribution < 1.29 is 9.53 Å². The number of ether oxygens (including phenoxy) is 1. The number of ketones is 1. The highest BCUT2D eigenvalue weighted by atomic mass is 79.9. The minimum Gasteiger partial charge on any atom is -0.363 e. The summed E-state index contributed by atoms with van der Waals surface area (Å²) in [5.41, 5.74) is 5.64. The SMILES string of the molecule is O=C(c1ccc(-c2ccccc2)cc1)C(Br)C1(c2ccc(-c3ccccc3)cc2)CO1. The van der Waals surface area contributed by atoms with Crippen LogP contribution in [0.4, 0.5) is 0 Å². The van der Waals surface area contributed by atoms with Crippen molar-refractivity contribution in [1.82, 2.24) is 0 Å². The second kappa shape index (κ2) is 8.26. The van der Waals surface area contributed by atoms with E-state index in [1.807, 2.05) is 60.7 Å². The van der Waals surface area contributed by atoms with Crippen molar-refractivity contribution in [3.8, 4) is 22.3 Å². The van der Waals surface area contributed by atoms with Gasteiger partial charge in [0.25, 0.3) is 0 Å². The lowest BCUT2D eigenvalue weighted by Gasteiger charge is -2.19. The number of hydrogen-bond acceptors (Lipinski definition) is 2. The highest BCUT2D eigenvalue weighted by Crippen LogP contribution is 2.46. The molecule has 1 aliphatic heterocycles. The minimum absolute atomic E-state index is 0.0317. The Morgan fingerprint density at radius 1 is 0.677 bits per heavy atom. The summed E-state index contributed by atoms with van der Waals surface area (Å²) in [7, 11) is 0. The van der Waals surface area contributed by atoms with E-state index >= 15 is 0 Å². The van der Waals surface area contributed by atoms with Crippen molar-refractivity contribution in [1.29, 1.82) is 0 Å². The molecule has 1 heterocycles. The van der Waals surface area contributed by atoms with Crippen molar-refractivity contribution >= 4 is 21.7 Å². The maximum Gasteiger partial charge on any atom is 0.179 e. The molecule has 2 unspecified atom stereocenters. The van der Waals surface area contributed by atoms with E-state index in [-0.39, 0.29) is 5.78 Å². The summed E-state index contributed by atoms with van der Waals surface area (Å²) in [5, 5.41) is 0. The predicted octanol–water partition coefficient (Wildman–Crippen LogP) is 6.89. The third-order valence-corrected chi connectivity index (χ3v) is 7.01. The van der Waals surface area contributed by atoms with E-state index in [4.69, 9.17) is 4.74 Å². The van der Waals surface area contributed by atoms with Gasteiger partial charge >= 0.3 is 0 Å². The van der Waals surface area contributed by atoms with Gasteiger partial charge in [-0.05, 0) is 27.8 Å². The second-order valence-electron chi connectivity index (χ2n) is 7.79. The summed E-state index contributed by atoms with van der Waals surface area (Å²) < 4.78 is 5.86. The molecule has 4 aromatic carbocycles. The normalized spacial score (nSPS) is 18.4. The molecule has 0 aliphatic carbocycles. The van der Waals surface area contributed by atoms with Crippen LogP contribution in [-0.2, 0) is 10.3 Å². The number of carbonyl (C=O) groups is 1. The van der Waals surface area contributed by atoms with Crippen LogP contribution in [0.25, 0.3) is 22.3 Å². The van der Waals surface area contributed by atoms with Crippen LogP contribution < -0.4 is 0 Å². The molecule has 2 nitrogen and oxygen atoms in total. The summed E-state index contributed by atoms with van der Waals surface area (Å²) in [6.07, 6.45) is 0. The molecule has 3 heteroatoms. The zero-order chi connectivity index (χ0) is 21.3. The monoisotopic (exact) mass is 468 g/mol. The van der Waals surface area contributed by atoms with E-state index < -0.39 is 10.4 Å². The summed E-state index contributed by atoms with van der Waals surface area (Å²) in [4.78, 5) is 12.8. The average molecular weight is 469 g/mol. The van der Waals surface area contributed by atoms with Crippen LogP contribution in [0.5, 0.6) is 0 Å². The van der Waals surface area contributed by atoms with Gasteiger partial charge in [0, 0.05) is 5.56 Å². The van der Waals surface area contributed by atoms with Gasteiger partial charge in [0.1, 0.15) is 10.4 Å². The molecular weight excluding hydrogens is 448 g/mol. The van der Waals surface area contributed by atoms with Gasteiger partial charge < -0.3 is 4.74 Å². The van der Waals surface area contributed by atoms with Crippen LogP contribution in [0.15, 0.2) is 109 Å². The van der Waals surface area contributed by atoms with Gasteiger partial charge in [-0.15, -0.1) is 0 Å². The van der Waals surface area contributed by atoms with Gasteiger partial charge in [0.05, 0.1) is 6.61 Å². The first-order valence-electron chi connectivity index (χ1n) is 10.3. The summed E-state index contributed by atoms with van der Waals surface area (Å²) in [6, 6.07) is 36.5. The summed E-state index contributed by atoms with van der Waals surface area (Å²) in [6.45, 7) is 0.529. The van der Waals surface area contributed by atoms with Gasteiger partial charge in [-0.2, -0.15) is 0 Å². The zero-order valence-corrected chi connectivity index (χ0v) is 18.5. The molecule has 152 valence electrons. The maximum absolute atomic E-state index is 13.2. The molecule has 1 aliphatic rings. The average Bonchev–Trinajstić information content (AvgIpc) is 3.67. The third-order valence-electron chi connectivity index (χ3n) is 5.85. The number of Topliss-reactive ketones (excluding diaryl/α,β-unsaturated/α-hetero) is 1. The Balaban J connectivity index is 1.35. The van der Waals surface area contributed by atoms with E-state index in [9.17, 15) is 4.79 Å². The highest BCUT2D eigenvalue weighted by molar-refractivity contribution is 9.10. The lowest BCUT2D eigenvalue weighted by molar-refractivity contribution is 0.0957. The fourth-order valence-corrected chi connectivity index (χ4v) is 4.72. The van der Waals surface area contributed by atoms with Crippen LogP contribution in [-0.4, -0.2) is 17.2 Å². The molecule has 5 rings (SSSR count). The van der Waals surface area contributed by atoms with Crippen molar-refractivity contribution in [2.75, 3.05) is 6.61 Å². The Morgan fingerprint density at radius 3 is 1.55 bits per heavy atom. The largest absolute Gasteiger partial charge is 0.363 e. The van der Waals surface area contributed by atoms with Crippen LogP contribution in [0.1, 0.15) is 15.9 Å². The van der Waals surface area contributed by atoms with E-state index in [0.717, 1.165) is 22.3 Å². The number of epoxide rings is 1. The Labute approximate surface area is 190 Å². The molecule has 0 saturated carbocycles. The predicted molar refractivity (Wildman–Crippen MR) is 128 cm³/mol. The molecule has 1 saturated heterocycles. The van der Waals surface area contributed by atoms with E-state index in [0.29, 0.717) is 12.2 Å². The van der Waals surface area contributed by atoms with Crippen molar-refractivity contribution in [2.24, 2.45) is 0 Å². The Kier molecular flexibility index (Phi) is 5.31. The highest BCUT2D eigenvalue weighted by Gasteiger charge is 2.55. The van der Waals surface area contributed by atoms with Crippen LogP contribution >= 0.6 is 15.9 Å². The lowest BCUT2D eigenvalue weighted by atomic mass is 9.90. The molecule has 2 atom stereocenters. The molecule has 0 N–H and O–H groups in total. The van der Waals surface area contributed by atoms with E-state index in [1.165, 1.54) is 5.56 Å². The van der Waals surface area contributed by atoms with Gasteiger partial charge in [0.15, 0.2) is 5.78 Å². The molecule has 0 radical (unpaired) electrons. The van der Waals surface area contributed by atoms with E-state index in [1.54, 1.807) is 0 Å². The Morgan fingerprint density at radius 2 is 1.10 bits per heavy atom. The second-order valence-corrected chi connectivity index (χ2v) is 8.71. The summed E-state index contributed by atoms with van der Waals surface area (Å²) in [5.74, 6) is 0.0317. The van der Waals surface area contributed by atoms with Crippen LogP contribution in [0.3, 0.4) is 0 Å². The fourth-order valence-electron chi connectivity index (χ4n) is 3.93. The number of hydrogen-bond donors (Lipinski definition) is 0. The first kappa shape index (κ1) is 19.9. The van der Waals surface area contributed by atoms with Crippen LogP contribution in [0, 0.1) is 0 Å². The van der Waals surface area contributed by atoms with Gasteiger partial charge in [-0.1, -0.05) is 125 Å². The van der Waals surface area contributed by atoms with E-state index in [2.05, 4.69) is 64.5 Å². The number of rotatable bonds is 6. The van der Waals surface area contributed by atoms with Gasteiger partial charge in [-0.25, -0.2) is 0 Å². The zero-order valence-electron chi connectivity index (χ0n) is 16.9. The molecule has 31 heavy (non-hydrogen) atoms. The summed E-state index contributed by atoms with van der Waals surface area (Å²) >= 11 is 3.65.